The highest BCUT2D eigenvalue weighted by Crippen LogP contribution is 2.23. The molecule has 3 aromatic carbocycles. The fourth-order valence-corrected chi connectivity index (χ4v) is 2.88. The summed E-state index contributed by atoms with van der Waals surface area (Å²) in [5.74, 6) is -2.91. The van der Waals surface area contributed by atoms with Crippen molar-refractivity contribution in [2.24, 2.45) is 5.10 Å². The van der Waals surface area contributed by atoms with Crippen LogP contribution in [-0.2, 0) is 9.59 Å². The number of benzene rings is 3. The van der Waals surface area contributed by atoms with Crippen LogP contribution in [0.3, 0.4) is 0 Å². The molecule has 0 aliphatic carbocycles. The highest BCUT2D eigenvalue weighted by atomic mass is 16.4. The molecule has 0 radical (unpaired) electrons. The summed E-state index contributed by atoms with van der Waals surface area (Å²) in [4.78, 5) is 35.6. The number of carbonyl (C=O) groups excluding carboxylic acids is 2. The normalized spacial score (nSPS) is 10.6. The molecule has 8 heteroatoms. The number of hydrazone groups is 1. The van der Waals surface area contributed by atoms with E-state index >= 15 is 0 Å². The first-order valence-electron chi connectivity index (χ1n) is 9.75. The van der Waals surface area contributed by atoms with Gasteiger partial charge in [0.15, 0.2) is 0 Å². The van der Waals surface area contributed by atoms with Crippen molar-refractivity contribution >= 4 is 41.1 Å². The third-order valence-corrected chi connectivity index (χ3v) is 4.68. The van der Waals surface area contributed by atoms with E-state index in [9.17, 15) is 19.5 Å². The van der Waals surface area contributed by atoms with Crippen molar-refractivity contribution in [3.63, 3.8) is 0 Å². The molecule has 0 unspecified atom stereocenters. The van der Waals surface area contributed by atoms with E-state index in [1.165, 1.54) is 18.3 Å². The lowest BCUT2D eigenvalue weighted by Crippen LogP contribution is -2.32. The third-order valence-electron chi connectivity index (χ3n) is 4.68. The third kappa shape index (κ3) is 5.57. The quantitative estimate of drug-likeness (QED) is 0.269. The van der Waals surface area contributed by atoms with Crippen molar-refractivity contribution in [1.29, 1.82) is 0 Å². The summed E-state index contributed by atoms with van der Waals surface area (Å²) in [6, 6.07) is 19.2. The highest BCUT2D eigenvalue weighted by Gasteiger charge is 2.14. The Balaban J connectivity index is 1.75. The maximum absolute atomic E-state index is 12.1. The Labute approximate surface area is 185 Å². The number of aromatic carboxylic acids is 1. The maximum Gasteiger partial charge on any atom is 0.335 e. The summed E-state index contributed by atoms with van der Waals surface area (Å²) in [5.41, 5.74) is 6.42. The first-order chi connectivity index (χ1) is 15.3. The van der Waals surface area contributed by atoms with Gasteiger partial charge in [-0.15, -0.1) is 0 Å². The van der Waals surface area contributed by atoms with E-state index in [4.69, 9.17) is 0 Å². The van der Waals surface area contributed by atoms with Gasteiger partial charge in [-0.05, 0) is 55.3 Å². The molecule has 0 bridgehead atoms. The number of carboxylic acids is 1. The van der Waals surface area contributed by atoms with E-state index in [1.807, 2.05) is 50.2 Å². The Morgan fingerprint density at radius 1 is 0.812 bits per heavy atom. The Morgan fingerprint density at radius 3 is 2.06 bits per heavy atom. The second-order valence-corrected chi connectivity index (χ2v) is 7.02. The average molecular weight is 430 g/mol. The van der Waals surface area contributed by atoms with Crippen LogP contribution in [0.2, 0.25) is 0 Å². The minimum absolute atomic E-state index is 0.0606. The van der Waals surface area contributed by atoms with Crippen LogP contribution >= 0.6 is 0 Å². The second-order valence-electron chi connectivity index (χ2n) is 7.02. The van der Waals surface area contributed by atoms with Crippen molar-refractivity contribution in [3.8, 4) is 0 Å². The van der Waals surface area contributed by atoms with Crippen molar-refractivity contribution in [1.82, 2.24) is 5.43 Å². The molecule has 32 heavy (non-hydrogen) atoms. The Kier molecular flexibility index (Phi) is 6.97. The molecule has 0 heterocycles. The van der Waals surface area contributed by atoms with Crippen LogP contribution in [0.25, 0.3) is 0 Å². The lowest BCUT2D eigenvalue weighted by molar-refractivity contribution is -0.136. The number of nitrogens with one attached hydrogen (secondary N) is 3. The van der Waals surface area contributed by atoms with Crippen LogP contribution in [0.4, 0.5) is 17.1 Å². The number of carboxylic acid groups (broad SMARTS) is 1. The van der Waals surface area contributed by atoms with Crippen LogP contribution in [0, 0.1) is 13.8 Å². The SMILES string of the molecule is Cc1ccccc1NC(=O)C(=O)N/N=C\c1cc(C(=O)O)ccc1Nc1ccccc1C. The minimum atomic E-state index is -1.09. The van der Waals surface area contributed by atoms with Gasteiger partial charge in [0.05, 0.1) is 11.8 Å². The Morgan fingerprint density at radius 2 is 1.44 bits per heavy atom. The molecular formula is C24H22N4O4. The largest absolute Gasteiger partial charge is 0.478 e. The van der Waals surface area contributed by atoms with Gasteiger partial charge in [-0.2, -0.15) is 5.10 Å². The lowest BCUT2D eigenvalue weighted by Gasteiger charge is -2.12. The zero-order valence-corrected chi connectivity index (χ0v) is 17.5. The summed E-state index contributed by atoms with van der Waals surface area (Å²) in [7, 11) is 0. The molecule has 0 saturated heterocycles. The topological polar surface area (TPSA) is 120 Å². The monoisotopic (exact) mass is 430 g/mol. The maximum atomic E-state index is 12.1. The van der Waals surface area contributed by atoms with Crippen molar-refractivity contribution in [2.45, 2.75) is 13.8 Å². The average Bonchev–Trinajstić information content (AvgIpc) is 2.77. The predicted octanol–water partition coefficient (Wildman–Crippen LogP) is 3.83. The minimum Gasteiger partial charge on any atom is -0.478 e. The zero-order valence-electron chi connectivity index (χ0n) is 17.5. The van der Waals surface area contributed by atoms with E-state index in [0.717, 1.165) is 16.8 Å². The van der Waals surface area contributed by atoms with Gasteiger partial charge in [0.1, 0.15) is 0 Å². The summed E-state index contributed by atoms with van der Waals surface area (Å²) in [6.07, 6.45) is 1.28. The Bertz CT molecular complexity index is 1200. The van der Waals surface area contributed by atoms with Gasteiger partial charge in [0.2, 0.25) is 0 Å². The first-order valence-corrected chi connectivity index (χ1v) is 9.75. The summed E-state index contributed by atoms with van der Waals surface area (Å²) < 4.78 is 0. The molecule has 3 aromatic rings. The second kappa shape index (κ2) is 10.0. The molecule has 2 amide bonds. The predicted molar refractivity (Wildman–Crippen MR) is 123 cm³/mol. The van der Waals surface area contributed by atoms with Crippen molar-refractivity contribution in [3.05, 3.63) is 89.0 Å². The van der Waals surface area contributed by atoms with Crippen LogP contribution in [0.15, 0.2) is 71.8 Å². The molecule has 0 aliphatic heterocycles. The van der Waals surface area contributed by atoms with Gasteiger partial charge in [-0.1, -0.05) is 36.4 Å². The standard InChI is InChI=1S/C24H22N4O4/c1-15-7-3-5-9-19(15)26-21-12-11-17(24(31)32)13-18(21)14-25-28-23(30)22(29)27-20-10-6-4-8-16(20)2/h3-14,26H,1-2H3,(H,27,29)(H,28,30)(H,31,32)/b25-14-. The van der Waals surface area contributed by atoms with Crippen LogP contribution in [0.5, 0.6) is 0 Å². The van der Waals surface area contributed by atoms with Crippen molar-refractivity contribution in [2.75, 3.05) is 10.6 Å². The molecule has 0 spiro atoms. The number of amides is 2. The molecule has 0 aromatic heterocycles. The van der Waals surface area contributed by atoms with E-state index in [2.05, 4.69) is 21.2 Å². The molecule has 4 N–H and O–H groups in total. The molecular weight excluding hydrogens is 408 g/mol. The lowest BCUT2D eigenvalue weighted by atomic mass is 10.1. The van der Waals surface area contributed by atoms with E-state index in [0.29, 0.717) is 16.9 Å². The molecule has 0 fully saturated rings. The molecule has 162 valence electrons. The van der Waals surface area contributed by atoms with Gasteiger partial charge in [0, 0.05) is 22.6 Å². The van der Waals surface area contributed by atoms with Crippen LogP contribution in [0.1, 0.15) is 27.0 Å². The van der Waals surface area contributed by atoms with Gasteiger partial charge in [-0.3, -0.25) is 9.59 Å². The zero-order chi connectivity index (χ0) is 23.1. The smallest absolute Gasteiger partial charge is 0.335 e. The first kappa shape index (κ1) is 22.2. The number of carbonyl (C=O) groups is 3. The Hall–Kier alpha value is -4.46. The summed E-state index contributed by atoms with van der Waals surface area (Å²) in [6.45, 7) is 3.75. The molecule has 3 rings (SSSR count). The highest BCUT2D eigenvalue weighted by molar-refractivity contribution is 6.39. The molecule has 0 aliphatic rings. The molecule has 0 saturated carbocycles. The fourth-order valence-electron chi connectivity index (χ4n) is 2.88. The van der Waals surface area contributed by atoms with Crippen LogP contribution in [-0.4, -0.2) is 29.1 Å². The van der Waals surface area contributed by atoms with Gasteiger partial charge >= 0.3 is 17.8 Å². The van der Waals surface area contributed by atoms with E-state index in [1.54, 1.807) is 18.2 Å². The van der Waals surface area contributed by atoms with Gasteiger partial charge < -0.3 is 15.7 Å². The summed E-state index contributed by atoms with van der Waals surface area (Å²) >= 11 is 0. The number of aryl methyl sites for hydroxylation is 2. The van der Waals surface area contributed by atoms with Crippen LogP contribution < -0.4 is 16.1 Å². The van der Waals surface area contributed by atoms with Crippen molar-refractivity contribution < 1.29 is 19.5 Å². The fraction of sp³-hybridized carbons (Fsp3) is 0.0833. The summed E-state index contributed by atoms with van der Waals surface area (Å²) in [5, 5.41) is 18.9. The molecule has 0 atom stereocenters. The van der Waals surface area contributed by atoms with Gasteiger partial charge in [0.25, 0.3) is 0 Å². The molecule has 8 nitrogen and oxygen atoms in total. The number of rotatable bonds is 6. The van der Waals surface area contributed by atoms with E-state index in [-0.39, 0.29) is 5.56 Å². The van der Waals surface area contributed by atoms with Gasteiger partial charge in [-0.25, -0.2) is 10.2 Å². The number of nitrogens with zero attached hydrogens (tertiary/aromatic N) is 1. The van der Waals surface area contributed by atoms with E-state index < -0.39 is 17.8 Å². The number of hydrogen-bond donors (Lipinski definition) is 4. The number of anilines is 3. The number of para-hydroxylation sites is 2. The number of hydrogen-bond acceptors (Lipinski definition) is 5.